The largest absolute Gasteiger partial charge is 0.374 e. The predicted octanol–water partition coefficient (Wildman–Crippen LogP) is 6.09. The summed E-state index contributed by atoms with van der Waals surface area (Å²) >= 11 is 1.86. The average Bonchev–Trinajstić information content (AvgIpc) is 3.29. The summed E-state index contributed by atoms with van der Waals surface area (Å²) in [5.41, 5.74) is 5.00. The average molecular weight is 512 g/mol. The maximum atomic E-state index is 12.9. The van der Waals surface area contributed by atoms with Gasteiger partial charge in [-0.2, -0.15) is 10.2 Å². The zero-order valence-corrected chi connectivity index (χ0v) is 21.9. The van der Waals surface area contributed by atoms with Gasteiger partial charge in [0.15, 0.2) is 0 Å². The molecule has 2 aliphatic rings. The molecule has 0 radical (unpaired) electrons. The Kier molecular flexibility index (Phi) is 9.53. The quantitative estimate of drug-likeness (QED) is 0.362. The van der Waals surface area contributed by atoms with Gasteiger partial charge in [0.1, 0.15) is 5.71 Å². The van der Waals surface area contributed by atoms with E-state index in [4.69, 9.17) is 0 Å². The Morgan fingerprint density at radius 1 is 1.03 bits per heavy atom. The van der Waals surface area contributed by atoms with Gasteiger partial charge in [-0.05, 0) is 62.0 Å². The highest BCUT2D eigenvalue weighted by atomic mass is 32.2. The number of halogens is 2. The first kappa shape index (κ1) is 26.4. The topological polar surface area (TPSA) is 34.4 Å². The lowest BCUT2D eigenvalue weighted by atomic mass is 10.0. The van der Waals surface area contributed by atoms with Crippen LogP contribution in [0.5, 0.6) is 0 Å². The molecule has 2 heterocycles. The molecule has 2 aromatic rings. The predicted molar refractivity (Wildman–Crippen MR) is 148 cm³/mol. The molecule has 0 spiro atoms. The van der Waals surface area contributed by atoms with Crippen LogP contribution in [0.3, 0.4) is 0 Å². The fourth-order valence-electron chi connectivity index (χ4n) is 4.43. The number of alkyl halides is 2. The van der Waals surface area contributed by atoms with Crippen LogP contribution in [0.15, 0.2) is 76.6 Å². The van der Waals surface area contributed by atoms with Crippen molar-refractivity contribution in [1.82, 2.24) is 9.80 Å². The van der Waals surface area contributed by atoms with Crippen LogP contribution in [0.4, 0.5) is 14.5 Å². The second-order valence-corrected chi connectivity index (χ2v) is 10.2. The number of rotatable bonds is 10. The minimum absolute atomic E-state index is 0.117. The van der Waals surface area contributed by atoms with Gasteiger partial charge < -0.3 is 14.1 Å². The van der Waals surface area contributed by atoms with Gasteiger partial charge >= 0.3 is 0 Å². The van der Waals surface area contributed by atoms with E-state index < -0.39 is 6.43 Å². The summed E-state index contributed by atoms with van der Waals surface area (Å²) in [6.07, 6.45) is 0.962. The normalized spacial score (nSPS) is 17.2. The van der Waals surface area contributed by atoms with Crippen LogP contribution in [-0.4, -0.2) is 66.1 Å². The molecule has 2 aliphatic heterocycles. The first-order chi connectivity index (χ1) is 17.5. The van der Waals surface area contributed by atoms with E-state index in [0.29, 0.717) is 5.71 Å². The third-order valence-corrected chi connectivity index (χ3v) is 7.73. The molecule has 0 bridgehead atoms. The fraction of sp³-hybridized carbons (Fsp3) is 0.429. The Bertz CT molecular complexity index is 1070. The van der Waals surface area contributed by atoms with Gasteiger partial charge in [-0.25, -0.2) is 8.78 Å². The lowest BCUT2D eigenvalue weighted by Crippen LogP contribution is -2.32. The Balaban J connectivity index is 1.33. The van der Waals surface area contributed by atoms with Gasteiger partial charge in [0, 0.05) is 49.7 Å². The zero-order valence-electron chi connectivity index (χ0n) is 21.1. The highest BCUT2D eigenvalue weighted by Gasteiger charge is 2.22. The summed E-state index contributed by atoms with van der Waals surface area (Å²) in [7, 11) is 0. The summed E-state index contributed by atoms with van der Waals surface area (Å²) in [5.74, 6) is 1.01. The van der Waals surface area contributed by atoms with Gasteiger partial charge in [0.05, 0.1) is 12.3 Å². The molecule has 1 saturated heterocycles. The molecule has 8 heteroatoms. The van der Waals surface area contributed by atoms with Crippen molar-refractivity contribution < 1.29 is 8.78 Å². The van der Waals surface area contributed by atoms with E-state index in [1.165, 1.54) is 17.8 Å². The Morgan fingerprint density at radius 2 is 1.81 bits per heavy atom. The summed E-state index contributed by atoms with van der Waals surface area (Å²) in [6, 6.07) is 18.5. The van der Waals surface area contributed by atoms with Crippen LogP contribution in [0, 0.1) is 0 Å². The SMILES string of the molecule is C/C=C(\C)N1CCCN(CCSN(Cc2ccc(C3=NN=C(C(F)F)C3)cc2)c2ccccc2)CC1. The molecule has 0 atom stereocenters. The summed E-state index contributed by atoms with van der Waals surface area (Å²) in [4.78, 5) is 5.07. The van der Waals surface area contributed by atoms with Gasteiger partial charge in [0.25, 0.3) is 6.43 Å². The van der Waals surface area contributed by atoms with E-state index in [9.17, 15) is 8.78 Å². The number of nitrogens with zero attached hydrogens (tertiary/aromatic N) is 5. The van der Waals surface area contributed by atoms with Gasteiger partial charge in [-0.3, -0.25) is 0 Å². The van der Waals surface area contributed by atoms with Crippen molar-refractivity contribution >= 4 is 29.1 Å². The molecule has 0 unspecified atom stereocenters. The monoisotopic (exact) mass is 511 g/mol. The number of para-hydroxylation sites is 1. The highest BCUT2D eigenvalue weighted by Crippen LogP contribution is 2.26. The lowest BCUT2D eigenvalue weighted by molar-refractivity contribution is 0.224. The van der Waals surface area contributed by atoms with Crippen molar-refractivity contribution in [2.24, 2.45) is 10.2 Å². The molecule has 4 rings (SSSR count). The van der Waals surface area contributed by atoms with Gasteiger partial charge in [0.2, 0.25) is 0 Å². The molecule has 0 N–H and O–H groups in total. The van der Waals surface area contributed by atoms with Crippen LogP contribution in [0.1, 0.15) is 37.8 Å². The number of anilines is 1. The van der Waals surface area contributed by atoms with Crippen LogP contribution < -0.4 is 4.31 Å². The summed E-state index contributed by atoms with van der Waals surface area (Å²) < 4.78 is 28.1. The van der Waals surface area contributed by atoms with Crippen LogP contribution in [-0.2, 0) is 6.54 Å². The molecule has 0 aromatic heterocycles. The van der Waals surface area contributed by atoms with Gasteiger partial charge in [-0.1, -0.05) is 48.5 Å². The van der Waals surface area contributed by atoms with Gasteiger partial charge in [-0.15, -0.1) is 0 Å². The Hall–Kier alpha value is -2.71. The summed E-state index contributed by atoms with van der Waals surface area (Å²) in [6.45, 7) is 10.6. The summed E-state index contributed by atoms with van der Waals surface area (Å²) in [5, 5.41) is 7.59. The first-order valence-corrected chi connectivity index (χ1v) is 13.5. The highest BCUT2D eigenvalue weighted by molar-refractivity contribution is 8.00. The molecular weight excluding hydrogens is 476 g/mol. The van der Waals surface area contributed by atoms with E-state index in [1.807, 2.05) is 30.1 Å². The van der Waals surface area contributed by atoms with E-state index in [1.54, 1.807) is 0 Å². The van der Waals surface area contributed by atoms with Crippen molar-refractivity contribution in [3.05, 3.63) is 77.5 Å². The van der Waals surface area contributed by atoms with Crippen molar-refractivity contribution in [3.63, 3.8) is 0 Å². The van der Waals surface area contributed by atoms with E-state index in [2.05, 4.69) is 80.6 Å². The van der Waals surface area contributed by atoms with Crippen molar-refractivity contribution in [3.8, 4) is 0 Å². The van der Waals surface area contributed by atoms with E-state index in [0.717, 1.165) is 56.1 Å². The zero-order chi connectivity index (χ0) is 25.3. The first-order valence-electron chi connectivity index (χ1n) is 12.6. The molecule has 0 saturated carbocycles. The molecule has 2 aromatic carbocycles. The Labute approximate surface area is 217 Å². The van der Waals surface area contributed by atoms with Crippen molar-refractivity contribution in [2.45, 2.75) is 39.7 Å². The molecular formula is C28H35F2N5S. The number of allylic oxidation sites excluding steroid dienone is 2. The lowest BCUT2D eigenvalue weighted by Gasteiger charge is -2.26. The maximum absolute atomic E-state index is 12.9. The fourth-order valence-corrected chi connectivity index (χ4v) is 5.50. The standard InChI is InChI=1S/C28H35F2N5S/c1-3-22(2)34-15-7-14-33(16-17-34)18-19-36-35(25-8-5-4-6-9-25)21-23-10-12-24(13-11-23)26-20-27(28(29)30)32-31-26/h3-6,8-13,28H,7,14-21H2,1-2H3/b22-3+. The number of hydrogen-bond donors (Lipinski definition) is 0. The molecule has 1 fully saturated rings. The minimum Gasteiger partial charge on any atom is -0.374 e. The third kappa shape index (κ3) is 7.17. The third-order valence-electron chi connectivity index (χ3n) is 6.72. The molecule has 192 valence electrons. The molecule has 0 amide bonds. The maximum Gasteiger partial charge on any atom is 0.278 e. The van der Waals surface area contributed by atoms with E-state index in [-0.39, 0.29) is 12.1 Å². The van der Waals surface area contributed by atoms with Crippen LogP contribution in [0.25, 0.3) is 0 Å². The number of hydrogen-bond acceptors (Lipinski definition) is 6. The Morgan fingerprint density at radius 3 is 2.50 bits per heavy atom. The molecule has 36 heavy (non-hydrogen) atoms. The second-order valence-electron chi connectivity index (χ2n) is 9.13. The molecule has 0 aliphatic carbocycles. The molecule has 5 nitrogen and oxygen atoms in total. The van der Waals surface area contributed by atoms with E-state index >= 15 is 0 Å². The second kappa shape index (κ2) is 13.0. The smallest absolute Gasteiger partial charge is 0.278 e. The van der Waals surface area contributed by atoms with Crippen LogP contribution >= 0.6 is 11.9 Å². The van der Waals surface area contributed by atoms with Crippen LogP contribution in [0.2, 0.25) is 0 Å². The van der Waals surface area contributed by atoms with Crippen molar-refractivity contribution in [1.29, 1.82) is 0 Å². The minimum atomic E-state index is -2.55. The number of benzene rings is 2. The van der Waals surface area contributed by atoms with Crippen molar-refractivity contribution in [2.75, 3.05) is 42.8 Å².